The number of nitrogens with one attached hydrogen (secondary N) is 1. The molecule has 1 aliphatic rings. The van der Waals surface area contributed by atoms with Gasteiger partial charge in [0.25, 0.3) is 0 Å². The molecule has 1 aromatic heterocycles. The van der Waals surface area contributed by atoms with E-state index in [1.165, 1.54) is 31.0 Å². The van der Waals surface area contributed by atoms with Gasteiger partial charge in [0.1, 0.15) is 5.75 Å². The van der Waals surface area contributed by atoms with E-state index in [0.717, 1.165) is 35.9 Å². The summed E-state index contributed by atoms with van der Waals surface area (Å²) >= 11 is 7.51. The molecule has 3 aromatic rings. The van der Waals surface area contributed by atoms with Crippen LogP contribution < -0.4 is 10.1 Å². The van der Waals surface area contributed by atoms with Gasteiger partial charge in [0.2, 0.25) is 5.91 Å². The summed E-state index contributed by atoms with van der Waals surface area (Å²) in [6, 6.07) is 15.4. The van der Waals surface area contributed by atoms with Crippen LogP contribution in [0, 0.1) is 0 Å². The molecular weight excluding hydrogens is 470 g/mol. The number of hydrogen-bond acceptors (Lipinski definition) is 6. The highest BCUT2D eigenvalue weighted by atomic mass is 35.5. The number of piperidine rings is 1. The van der Waals surface area contributed by atoms with Crippen molar-refractivity contribution in [1.29, 1.82) is 0 Å². The Morgan fingerprint density at radius 1 is 1.09 bits per heavy atom. The number of methoxy groups -OCH3 is 1. The highest BCUT2D eigenvalue weighted by molar-refractivity contribution is 7.99. The molecule has 9 heteroatoms. The lowest BCUT2D eigenvalue weighted by Crippen LogP contribution is -2.33. The molecule has 1 N–H and O–H groups in total. The molecule has 1 aliphatic heterocycles. The van der Waals surface area contributed by atoms with Gasteiger partial charge in [-0.1, -0.05) is 41.9 Å². The van der Waals surface area contributed by atoms with Gasteiger partial charge in [-0.25, -0.2) is 0 Å². The molecule has 1 amide bonds. The minimum absolute atomic E-state index is 0.0582. The number of thioether (sulfide) groups is 1. The second kappa shape index (κ2) is 11.7. The molecule has 0 spiro atoms. The number of aromatic nitrogens is 3. The third-order valence-electron chi connectivity index (χ3n) is 6.04. The Hall–Kier alpha value is -2.55. The first kappa shape index (κ1) is 24.6. The van der Waals surface area contributed by atoms with Crippen molar-refractivity contribution in [3.63, 3.8) is 0 Å². The fourth-order valence-electron chi connectivity index (χ4n) is 4.07. The molecule has 2 aromatic carbocycles. The maximum atomic E-state index is 12.6. The normalized spacial score (nSPS) is 15.1. The smallest absolute Gasteiger partial charge is 0.230 e. The molecule has 34 heavy (non-hydrogen) atoms. The Bertz CT molecular complexity index is 1080. The van der Waals surface area contributed by atoms with Gasteiger partial charge in [-0.3, -0.25) is 14.3 Å². The SMILES string of the molecule is COc1ccc(CNC(=O)CSc2nnc([C@@H](C)N3CCCCC3)n2-c2ccc(Cl)cc2)cc1. The number of benzene rings is 2. The number of halogens is 1. The van der Waals surface area contributed by atoms with Crippen molar-refractivity contribution in [2.45, 2.75) is 43.9 Å². The molecule has 0 radical (unpaired) electrons. The van der Waals surface area contributed by atoms with Gasteiger partial charge < -0.3 is 10.1 Å². The Morgan fingerprint density at radius 3 is 2.47 bits per heavy atom. The summed E-state index contributed by atoms with van der Waals surface area (Å²) in [5.41, 5.74) is 1.95. The van der Waals surface area contributed by atoms with Crippen molar-refractivity contribution in [3.05, 3.63) is 64.9 Å². The number of amides is 1. The topological polar surface area (TPSA) is 72.3 Å². The molecule has 0 unspecified atom stereocenters. The van der Waals surface area contributed by atoms with E-state index >= 15 is 0 Å². The highest BCUT2D eigenvalue weighted by Crippen LogP contribution is 2.29. The fraction of sp³-hybridized carbons (Fsp3) is 0.400. The zero-order valence-electron chi connectivity index (χ0n) is 19.5. The van der Waals surface area contributed by atoms with Gasteiger partial charge in [-0.15, -0.1) is 10.2 Å². The van der Waals surface area contributed by atoms with E-state index < -0.39 is 0 Å². The number of rotatable bonds is 9. The molecule has 1 atom stereocenters. The predicted molar refractivity (Wildman–Crippen MR) is 136 cm³/mol. The average molecular weight is 500 g/mol. The van der Waals surface area contributed by atoms with Crippen LogP contribution in [-0.4, -0.2) is 51.5 Å². The van der Waals surface area contributed by atoms with Crippen molar-refractivity contribution in [3.8, 4) is 11.4 Å². The third kappa shape index (κ3) is 6.11. The van der Waals surface area contributed by atoms with E-state index in [1.807, 2.05) is 48.5 Å². The van der Waals surface area contributed by atoms with E-state index in [2.05, 4.69) is 31.9 Å². The molecule has 4 rings (SSSR count). The van der Waals surface area contributed by atoms with Gasteiger partial charge in [0, 0.05) is 17.3 Å². The van der Waals surface area contributed by atoms with E-state index in [1.54, 1.807) is 7.11 Å². The van der Waals surface area contributed by atoms with Crippen LogP contribution in [0.25, 0.3) is 5.69 Å². The molecule has 0 aliphatic carbocycles. The summed E-state index contributed by atoms with van der Waals surface area (Å²) in [5.74, 6) is 1.86. The van der Waals surface area contributed by atoms with Crippen LogP contribution in [0.4, 0.5) is 0 Å². The molecule has 0 bridgehead atoms. The zero-order chi connectivity index (χ0) is 23.9. The molecule has 1 saturated heterocycles. The minimum atomic E-state index is -0.0582. The predicted octanol–water partition coefficient (Wildman–Crippen LogP) is 4.88. The largest absolute Gasteiger partial charge is 0.497 e. The molecule has 2 heterocycles. The fourth-order valence-corrected chi connectivity index (χ4v) is 4.99. The van der Waals surface area contributed by atoms with Crippen LogP contribution in [0.2, 0.25) is 5.02 Å². The van der Waals surface area contributed by atoms with Gasteiger partial charge in [-0.05, 0) is 74.8 Å². The van der Waals surface area contributed by atoms with Gasteiger partial charge in [0.05, 0.1) is 18.9 Å². The van der Waals surface area contributed by atoms with Crippen molar-refractivity contribution in [2.75, 3.05) is 26.0 Å². The van der Waals surface area contributed by atoms with Gasteiger partial charge in [-0.2, -0.15) is 0 Å². The standard InChI is InChI=1S/C25H30ClN5O2S/c1-18(30-14-4-3-5-15-30)24-28-29-25(31(24)21-10-8-20(26)9-11-21)34-17-23(32)27-16-19-6-12-22(33-2)13-7-19/h6-13,18H,3-5,14-17H2,1-2H3,(H,27,32)/t18-/m1/s1. The monoisotopic (exact) mass is 499 g/mol. The van der Waals surface area contributed by atoms with Crippen LogP contribution in [0.1, 0.15) is 43.6 Å². The molecule has 180 valence electrons. The van der Waals surface area contributed by atoms with Crippen molar-refractivity contribution >= 4 is 29.3 Å². The second-order valence-corrected chi connectivity index (χ2v) is 9.72. The van der Waals surface area contributed by atoms with Crippen molar-refractivity contribution in [2.24, 2.45) is 0 Å². The summed E-state index contributed by atoms with van der Waals surface area (Å²) in [6.45, 7) is 4.76. The minimum Gasteiger partial charge on any atom is -0.497 e. The van der Waals surface area contributed by atoms with Crippen LogP contribution >= 0.6 is 23.4 Å². The van der Waals surface area contributed by atoms with E-state index in [9.17, 15) is 4.79 Å². The second-order valence-electron chi connectivity index (χ2n) is 8.34. The zero-order valence-corrected chi connectivity index (χ0v) is 21.1. The van der Waals surface area contributed by atoms with E-state index in [4.69, 9.17) is 16.3 Å². The van der Waals surface area contributed by atoms with Gasteiger partial charge in [0.15, 0.2) is 11.0 Å². The third-order valence-corrected chi connectivity index (χ3v) is 7.22. The first-order valence-electron chi connectivity index (χ1n) is 11.5. The summed E-state index contributed by atoms with van der Waals surface area (Å²) in [4.78, 5) is 15.0. The number of ether oxygens (including phenoxy) is 1. The van der Waals surface area contributed by atoms with Crippen molar-refractivity contribution in [1.82, 2.24) is 25.0 Å². The Labute approximate surface area is 209 Å². The van der Waals surface area contributed by atoms with Crippen LogP contribution in [0.5, 0.6) is 5.75 Å². The summed E-state index contributed by atoms with van der Waals surface area (Å²) < 4.78 is 7.23. The number of carbonyl (C=O) groups is 1. The Kier molecular flexibility index (Phi) is 8.48. The number of likely N-dealkylation sites (tertiary alicyclic amines) is 1. The lowest BCUT2D eigenvalue weighted by atomic mass is 10.1. The van der Waals surface area contributed by atoms with Crippen LogP contribution in [0.15, 0.2) is 53.7 Å². The lowest BCUT2D eigenvalue weighted by molar-refractivity contribution is -0.118. The van der Waals surface area contributed by atoms with Crippen molar-refractivity contribution < 1.29 is 9.53 Å². The average Bonchev–Trinajstić information content (AvgIpc) is 3.31. The Balaban J connectivity index is 1.46. The maximum absolute atomic E-state index is 12.6. The van der Waals surface area contributed by atoms with E-state index in [0.29, 0.717) is 16.7 Å². The Morgan fingerprint density at radius 2 is 1.79 bits per heavy atom. The van der Waals surface area contributed by atoms with Crippen LogP contribution in [-0.2, 0) is 11.3 Å². The molecule has 7 nitrogen and oxygen atoms in total. The highest BCUT2D eigenvalue weighted by Gasteiger charge is 2.25. The number of hydrogen-bond donors (Lipinski definition) is 1. The molecular formula is C25H30ClN5O2S. The number of nitrogens with zero attached hydrogens (tertiary/aromatic N) is 4. The molecule has 0 saturated carbocycles. The molecule has 1 fully saturated rings. The first-order chi connectivity index (χ1) is 16.5. The summed E-state index contributed by atoms with van der Waals surface area (Å²) in [5, 5.41) is 13.4. The maximum Gasteiger partial charge on any atom is 0.230 e. The summed E-state index contributed by atoms with van der Waals surface area (Å²) in [7, 11) is 1.63. The van der Waals surface area contributed by atoms with Crippen LogP contribution in [0.3, 0.4) is 0 Å². The quantitative estimate of drug-likeness (QED) is 0.423. The lowest BCUT2D eigenvalue weighted by Gasteiger charge is -2.31. The summed E-state index contributed by atoms with van der Waals surface area (Å²) in [6.07, 6.45) is 3.69. The first-order valence-corrected chi connectivity index (χ1v) is 12.9. The van der Waals surface area contributed by atoms with Gasteiger partial charge >= 0.3 is 0 Å². The van der Waals surface area contributed by atoms with E-state index in [-0.39, 0.29) is 17.7 Å². The number of carbonyl (C=O) groups excluding carboxylic acids is 1.